The van der Waals surface area contributed by atoms with Gasteiger partial charge < -0.3 is 10.0 Å². The van der Waals surface area contributed by atoms with E-state index in [2.05, 4.69) is 0 Å². The Labute approximate surface area is 163 Å². The van der Waals surface area contributed by atoms with Gasteiger partial charge in [-0.15, -0.1) is 0 Å². The first-order valence-electron chi connectivity index (χ1n) is 9.23. The quantitative estimate of drug-likeness (QED) is 0.780. The highest BCUT2D eigenvalue weighted by Crippen LogP contribution is 2.35. The summed E-state index contributed by atoms with van der Waals surface area (Å²) >= 11 is 0. The van der Waals surface area contributed by atoms with E-state index >= 15 is 0 Å². The first-order valence-corrected chi connectivity index (χ1v) is 9.23. The van der Waals surface area contributed by atoms with E-state index in [0.717, 1.165) is 18.4 Å². The van der Waals surface area contributed by atoms with Gasteiger partial charge in [0.2, 0.25) is 5.91 Å². The average molecular weight is 378 g/mol. The summed E-state index contributed by atoms with van der Waals surface area (Å²) in [5, 5.41) is 9.32. The van der Waals surface area contributed by atoms with Crippen LogP contribution in [-0.2, 0) is 9.59 Å². The van der Waals surface area contributed by atoms with E-state index in [-0.39, 0.29) is 23.9 Å². The molecule has 0 aromatic heterocycles. The predicted octanol–water partition coefficient (Wildman–Crippen LogP) is 3.58. The van der Waals surface area contributed by atoms with E-state index < -0.39 is 5.97 Å². The molecule has 2 aromatic carbocycles. The Morgan fingerprint density at radius 3 is 2.54 bits per heavy atom. The van der Waals surface area contributed by atoms with E-state index in [0.29, 0.717) is 17.9 Å². The van der Waals surface area contributed by atoms with Gasteiger partial charge in [0.15, 0.2) is 0 Å². The fourth-order valence-corrected chi connectivity index (χ4v) is 3.12. The second-order valence-electron chi connectivity index (χ2n) is 6.58. The number of anilines is 2. The fraction of sp³-hybridized carbons (Fsp3) is 0.227. The Morgan fingerprint density at radius 1 is 1.11 bits per heavy atom. The number of nitrogens with zero attached hydrogens (tertiary/aromatic N) is 2. The Kier molecular flexibility index (Phi) is 5.89. The van der Waals surface area contributed by atoms with Gasteiger partial charge in [0, 0.05) is 12.6 Å². The number of carbonyl (C=O) groups excluding carboxylic acids is 2. The monoisotopic (exact) mass is 378 g/mol. The van der Waals surface area contributed by atoms with Gasteiger partial charge in [-0.2, -0.15) is 0 Å². The van der Waals surface area contributed by atoms with Crippen molar-refractivity contribution in [1.82, 2.24) is 0 Å². The van der Waals surface area contributed by atoms with Crippen molar-refractivity contribution in [1.29, 1.82) is 0 Å². The lowest BCUT2D eigenvalue weighted by Crippen LogP contribution is -2.48. The lowest BCUT2D eigenvalue weighted by molar-refractivity contribution is -0.120. The molecule has 1 heterocycles. The van der Waals surface area contributed by atoms with Crippen LogP contribution in [0.5, 0.6) is 0 Å². The van der Waals surface area contributed by atoms with Crippen molar-refractivity contribution in [2.24, 2.45) is 0 Å². The van der Waals surface area contributed by atoms with Gasteiger partial charge in [-0.3, -0.25) is 14.5 Å². The molecule has 0 atom stereocenters. The van der Waals surface area contributed by atoms with Crippen LogP contribution in [0.2, 0.25) is 0 Å². The highest BCUT2D eigenvalue weighted by molar-refractivity contribution is 6.15. The standard InChI is InChI=1S/C22H22N2O4/c1-2-3-13-23-18-11-10-17(22(27)28)14-19(18)24(15-21(23)26)20(25)12-9-16-7-5-4-6-8-16/h4-12,14H,2-3,13,15H2,1H3,(H,27,28)/b12-9+. The molecule has 1 N–H and O–H groups in total. The van der Waals surface area contributed by atoms with Crippen molar-refractivity contribution in [3.63, 3.8) is 0 Å². The van der Waals surface area contributed by atoms with Gasteiger partial charge in [0.1, 0.15) is 6.54 Å². The van der Waals surface area contributed by atoms with Crippen LogP contribution in [0.3, 0.4) is 0 Å². The molecule has 28 heavy (non-hydrogen) atoms. The van der Waals surface area contributed by atoms with E-state index in [9.17, 15) is 19.5 Å². The third-order valence-electron chi connectivity index (χ3n) is 4.62. The maximum atomic E-state index is 12.8. The number of unbranched alkanes of at least 4 members (excludes halogenated alkanes) is 1. The summed E-state index contributed by atoms with van der Waals surface area (Å²) in [7, 11) is 0. The molecule has 3 rings (SSSR count). The molecule has 2 amide bonds. The van der Waals surface area contributed by atoms with Crippen LogP contribution < -0.4 is 9.80 Å². The molecule has 144 valence electrons. The molecule has 1 aliphatic heterocycles. The SMILES string of the molecule is CCCCN1C(=O)CN(C(=O)/C=C/c2ccccc2)c2cc(C(=O)O)ccc21. The van der Waals surface area contributed by atoms with E-state index in [1.807, 2.05) is 37.3 Å². The number of hydrogen-bond donors (Lipinski definition) is 1. The molecule has 0 saturated heterocycles. The average Bonchev–Trinajstić information content (AvgIpc) is 2.71. The zero-order valence-corrected chi connectivity index (χ0v) is 15.7. The topological polar surface area (TPSA) is 77.9 Å². The number of amides is 2. The Morgan fingerprint density at radius 2 is 1.86 bits per heavy atom. The normalized spacial score (nSPS) is 13.7. The molecule has 0 unspecified atom stereocenters. The van der Waals surface area contributed by atoms with Crippen molar-refractivity contribution in [3.8, 4) is 0 Å². The van der Waals surface area contributed by atoms with Crippen LogP contribution in [-0.4, -0.2) is 36.0 Å². The smallest absolute Gasteiger partial charge is 0.335 e. The molecule has 6 nitrogen and oxygen atoms in total. The molecule has 0 radical (unpaired) electrons. The lowest BCUT2D eigenvalue weighted by Gasteiger charge is -2.36. The van der Waals surface area contributed by atoms with Crippen LogP contribution in [0.4, 0.5) is 11.4 Å². The van der Waals surface area contributed by atoms with Crippen LogP contribution in [0.25, 0.3) is 6.08 Å². The summed E-state index contributed by atoms with van der Waals surface area (Å²) in [4.78, 5) is 39.8. The second kappa shape index (κ2) is 8.52. The Bertz CT molecular complexity index is 921. The minimum atomic E-state index is -1.08. The van der Waals surface area contributed by atoms with Crippen LogP contribution in [0.15, 0.2) is 54.6 Å². The Hall–Kier alpha value is -3.41. The lowest BCUT2D eigenvalue weighted by atomic mass is 10.1. The number of benzene rings is 2. The van der Waals surface area contributed by atoms with E-state index in [4.69, 9.17) is 0 Å². The number of fused-ring (bicyclic) bond motifs is 1. The van der Waals surface area contributed by atoms with Crippen molar-refractivity contribution in [2.75, 3.05) is 22.9 Å². The third-order valence-corrected chi connectivity index (χ3v) is 4.62. The van der Waals surface area contributed by atoms with Crippen molar-refractivity contribution >= 4 is 35.2 Å². The number of carbonyl (C=O) groups is 3. The van der Waals surface area contributed by atoms with Gasteiger partial charge in [0.05, 0.1) is 16.9 Å². The maximum absolute atomic E-state index is 12.8. The largest absolute Gasteiger partial charge is 0.478 e. The third kappa shape index (κ3) is 4.11. The van der Waals surface area contributed by atoms with Crippen LogP contribution in [0, 0.1) is 0 Å². The number of hydrogen-bond acceptors (Lipinski definition) is 3. The van der Waals surface area contributed by atoms with Crippen molar-refractivity contribution in [3.05, 3.63) is 65.7 Å². The summed E-state index contributed by atoms with van der Waals surface area (Å²) in [6, 6.07) is 13.9. The summed E-state index contributed by atoms with van der Waals surface area (Å²) in [5.41, 5.74) is 1.95. The van der Waals surface area contributed by atoms with Gasteiger partial charge in [-0.05, 0) is 36.3 Å². The molecule has 0 aliphatic carbocycles. The Balaban J connectivity index is 1.96. The highest BCUT2D eigenvalue weighted by Gasteiger charge is 2.32. The first-order chi connectivity index (χ1) is 13.5. The maximum Gasteiger partial charge on any atom is 0.335 e. The minimum absolute atomic E-state index is 0.0772. The van der Waals surface area contributed by atoms with E-state index in [1.165, 1.54) is 23.1 Å². The zero-order valence-electron chi connectivity index (χ0n) is 15.7. The predicted molar refractivity (Wildman–Crippen MR) is 108 cm³/mol. The van der Waals surface area contributed by atoms with Gasteiger partial charge in [0.25, 0.3) is 5.91 Å². The minimum Gasteiger partial charge on any atom is -0.478 e. The zero-order chi connectivity index (χ0) is 20.1. The van der Waals surface area contributed by atoms with Gasteiger partial charge in [-0.1, -0.05) is 43.7 Å². The van der Waals surface area contributed by atoms with Crippen LogP contribution >= 0.6 is 0 Å². The van der Waals surface area contributed by atoms with E-state index in [1.54, 1.807) is 17.0 Å². The second-order valence-corrected chi connectivity index (χ2v) is 6.58. The molecule has 0 saturated carbocycles. The van der Waals surface area contributed by atoms with Crippen molar-refractivity contribution < 1.29 is 19.5 Å². The van der Waals surface area contributed by atoms with Gasteiger partial charge >= 0.3 is 5.97 Å². The summed E-state index contributed by atoms with van der Waals surface area (Å²) < 4.78 is 0. The number of carboxylic acid groups (broad SMARTS) is 1. The van der Waals surface area contributed by atoms with Gasteiger partial charge in [-0.25, -0.2) is 4.79 Å². The number of aromatic carboxylic acids is 1. The summed E-state index contributed by atoms with van der Waals surface area (Å²) in [5.74, 6) is -1.62. The number of rotatable bonds is 6. The molecule has 0 fully saturated rings. The molecular weight excluding hydrogens is 356 g/mol. The molecule has 0 spiro atoms. The van der Waals surface area contributed by atoms with Crippen molar-refractivity contribution in [2.45, 2.75) is 19.8 Å². The summed E-state index contributed by atoms with van der Waals surface area (Å²) in [6.45, 7) is 2.46. The molecule has 0 bridgehead atoms. The highest BCUT2D eigenvalue weighted by atomic mass is 16.4. The summed E-state index contributed by atoms with van der Waals surface area (Å²) in [6.07, 6.45) is 4.83. The molecule has 1 aliphatic rings. The molecular formula is C22H22N2O4. The molecule has 2 aromatic rings. The van der Waals surface area contributed by atoms with Crippen LogP contribution in [0.1, 0.15) is 35.7 Å². The molecule has 6 heteroatoms. The first kappa shape index (κ1) is 19.4. The number of carboxylic acids is 1. The fourth-order valence-electron chi connectivity index (χ4n) is 3.12.